The van der Waals surface area contributed by atoms with Crippen LogP contribution in [-0.4, -0.2) is 21.9 Å². The summed E-state index contributed by atoms with van der Waals surface area (Å²) in [6, 6.07) is 4.56. The van der Waals surface area contributed by atoms with Gasteiger partial charge in [-0.1, -0.05) is 5.16 Å². The Morgan fingerprint density at radius 2 is 2.17 bits per heavy atom. The smallest absolute Gasteiger partial charge is 0.226 e. The first-order chi connectivity index (χ1) is 8.70. The molecule has 0 aliphatic carbocycles. The topological polar surface area (TPSA) is 59.2 Å². The molecule has 0 aliphatic heterocycles. The van der Waals surface area contributed by atoms with E-state index < -0.39 is 0 Å². The predicted octanol–water partition coefficient (Wildman–Crippen LogP) is 2.95. The van der Waals surface area contributed by atoms with Crippen LogP contribution in [0.2, 0.25) is 0 Å². The molecule has 0 saturated carbocycles. The van der Waals surface area contributed by atoms with Crippen LogP contribution in [0.15, 0.2) is 27.2 Å². The maximum Gasteiger partial charge on any atom is 0.226 e. The first-order valence-corrected chi connectivity index (χ1v) is 6.39. The molecule has 18 heavy (non-hydrogen) atoms. The van der Waals surface area contributed by atoms with Gasteiger partial charge in [0.05, 0.1) is 4.47 Å². The van der Waals surface area contributed by atoms with Crippen LogP contribution in [0.5, 0.6) is 0 Å². The summed E-state index contributed by atoms with van der Waals surface area (Å²) in [6.07, 6.45) is 2.14. The third kappa shape index (κ3) is 3.14. The lowest BCUT2D eigenvalue weighted by Crippen LogP contribution is -1.89. The second-order valence-corrected chi connectivity index (χ2v) is 4.68. The summed E-state index contributed by atoms with van der Waals surface area (Å²) in [5.74, 6) is 0.638. The molecule has 1 aromatic carbocycles. The molecule has 0 radical (unpaired) electrons. The van der Waals surface area contributed by atoms with E-state index in [1.54, 1.807) is 12.1 Å². The first-order valence-electron chi connectivity index (χ1n) is 5.59. The summed E-state index contributed by atoms with van der Waals surface area (Å²) in [5, 5.41) is 12.5. The summed E-state index contributed by atoms with van der Waals surface area (Å²) in [4.78, 5) is 4.22. The number of aryl methyl sites for hydroxylation is 1. The van der Waals surface area contributed by atoms with Gasteiger partial charge in [0.1, 0.15) is 5.82 Å². The van der Waals surface area contributed by atoms with E-state index >= 15 is 0 Å². The SMILES string of the molecule is OCCCCc1nc(-c2ccc(F)c(Br)c2)no1. The van der Waals surface area contributed by atoms with Gasteiger partial charge in [0, 0.05) is 18.6 Å². The van der Waals surface area contributed by atoms with E-state index in [4.69, 9.17) is 9.63 Å². The molecular weight excluding hydrogens is 303 g/mol. The minimum Gasteiger partial charge on any atom is -0.396 e. The Hall–Kier alpha value is -1.27. The lowest BCUT2D eigenvalue weighted by Gasteiger charge is -1.96. The van der Waals surface area contributed by atoms with E-state index in [0.29, 0.717) is 34.6 Å². The molecule has 1 heterocycles. The maximum atomic E-state index is 13.1. The zero-order valence-corrected chi connectivity index (χ0v) is 11.2. The van der Waals surface area contributed by atoms with Gasteiger partial charge in [-0.25, -0.2) is 4.39 Å². The number of aromatic nitrogens is 2. The Morgan fingerprint density at radius 1 is 1.33 bits per heavy atom. The molecule has 0 spiro atoms. The third-order valence-corrected chi connectivity index (χ3v) is 3.05. The molecular formula is C12H12BrFN2O2. The Bertz CT molecular complexity index is 531. The van der Waals surface area contributed by atoms with Crippen LogP contribution in [0.1, 0.15) is 18.7 Å². The molecule has 2 aromatic rings. The maximum absolute atomic E-state index is 13.1. The number of aliphatic hydroxyl groups excluding tert-OH is 1. The average molecular weight is 315 g/mol. The molecule has 0 unspecified atom stereocenters. The molecule has 0 bridgehead atoms. The second-order valence-electron chi connectivity index (χ2n) is 3.82. The monoisotopic (exact) mass is 314 g/mol. The second kappa shape index (κ2) is 6.06. The summed E-state index contributed by atoms with van der Waals surface area (Å²) in [5.41, 5.74) is 0.695. The fourth-order valence-electron chi connectivity index (χ4n) is 1.50. The third-order valence-electron chi connectivity index (χ3n) is 2.44. The molecule has 0 saturated heterocycles. The molecule has 0 fully saturated rings. The number of aliphatic hydroxyl groups is 1. The van der Waals surface area contributed by atoms with E-state index in [2.05, 4.69) is 26.1 Å². The van der Waals surface area contributed by atoms with Crippen LogP contribution in [0.3, 0.4) is 0 Å². The molecule has 2 rings (SSSR count). The van der Waals surface area contributed by atoms with Crippen molar-refractivity contribution in [3.63, 3.8) is 0 Å². The molecule has 0 amide bonds. The first kappa shape index (κ1) is 13.2. The van der Waals surface area contributed by atoms with Crippen LogP contribution >= 0.6 is 15.9 Å². The minimum absolute atomic E-state index is 0.159. The normalized spacial score (nSPS) is 10.8. The quantitative estimate of drug-likeness (QED) is 0.862. The molecule has 0 atom stereocenters. The van der Waals surface area contributed by atoms with Crippen molar-refractivity contribution >= 4 is 15.9 Å². The number of unbranched alkanes of at least 4 members (excludes halogenated alkanes) is 1. The summed E-state index contributed by atoms with van der Waals surface area (Å²) < 4.78 is 18.5. The highest BCUT2D eigenvalue weighted by Crippen LogP contribution is 2.23. The van der Waals surface area contributed by atoms with Crippen LogP contribution < -0.4 is 0 Å². The standard InChI is InChI=1S/C12H12BrFN2O2/c13-9-7-8(4-5-10(9)14)12-15-11(18-16-12)3-1-2-6-17/h4-5,7,17H,1-3,6H2. The summed E-state index contributed by atoms with van der Waals surface area (Å²) in [7, 11) is 0. The van der Waals surface area contributed by atoms with Crippen molar-refractivity contribution < 1.29 is 14.0 Å². The van der Waals surface area contributed by atoms with Gasteiger partial charge in [-0.05, 0) is 47.0 Å². The molecule has 6 heteroatoms. The molecule has 0 aliphatic rings. The van der Waals surface area contributed by atoms with E-state index in [-0.39, 0.29) is 12.4 Å². The molecule has 96 valence electrons. The molecule has 1 aromatic heterocycles. The van der Waals surface area contributed by atoms with Crippen LogP contribution in [0.4, 0.5) is 4.39 Å². The van der Waals surface area contributed by atoms with Crippen LogP contribution in [-0.2, 0) is 6.42 Å². The minimum atomic E-state index is -0.328. The number of rotatable bonds is 5. The molecule has 1 N–H and O–H groups in total. The van der Waals surface area contributed by atoms with E-state index in [9.17, 15) is 4.39 Å². The highest BCUT2D eigenvalue weighted by molar-refractivity contribution is 9.10. The van der Waals surface area contributed by atoms with Crippen molar-refractivity contribution in [3.8, 4) is 11.4 Å². The Kier molecular flexibility index (Phi) is 4.43. The Balaban J connectivity index is 2.11. The van der Waals surface area contributed by atoms with E-state index in [1.807, 2.05) is 0 Å². The highest BCUT2D eigenvalue weighted by Gasteiger charge is 2.10. The van der Waals surface area contributed by atoms with Crippen molar-refractivity contribution in [1.82, 2.24) is 10.1 Å². The van der Waals surface area contributed by atoms with Gasteiger partial charge in [-0.2, -0.15) is 4.98 Å². The average Bonchev–Trinajstić information content (AvgIpc) is 2.82. The van der Waals surface area contributed by atoms with Gasteiger partial charge in [0.2, 0.25) is 11.7 Å². The van der Waals surface area contributed by atoms with Crippen molar-refractivity contribution in [2.24, 2.45) is 0 Å². The summed E-state index contributed by atoms with van der Waals surface area (Å²) >= 11 is 3.11. The number of halogens is 2. The fraction of sp³-hybridized carbons (Fsp3) is 0.333. The highest BCUT2D eigenvalue weighted by atomic mass is 79.9. The van der Waals surface area contributed by atoms with Gasteiger partial charge in [0.25, 0.3) is 0 Å². The number of nitrogens with zero attached hydrogens (tertiary/aromatic N) is 2. The van der Waals surface area contributed by atoms with E-state index in [1.165, 1.54) is 6.07 Å². The Morgan fingerprint density at radius 3 is 2.89 bits per heavy atom. The lowest BCUT2D eigenvalue weighted by atomic mass is 10.2. The zero-order valence-electron chi connectivity index (χ0n) is 9.57. The van der Waals surface area contributed by atoms with Gasteiger partial charge in [0.15, 0.2) is 0 Å². The Labute approximate surface area is 112 Å². The van der Waals surface area contributed by atoms with Crippen molar-refractivity contribution in [3.05, 3.63) is 34.4 Å². The van der Waals surface area contributed by atoms with E-state index in [0.717, 1.165) is 6.42 Å². The van der Waals surface area contributed by atoms with Gasteiger partial charge < -0.3 is 9.63 Å². The molecule has 4 nitrogen and oxygen atoms in total. The largest absolute Gasteiger partial charge is 0.396 e. The predicted molar refractivity (Wildman–Crippen MR) is 67.4 cm³/mol. The van der Waals surface area contributed by atoms with Crippen LogP contribution in [0, 0.1) is 5.82 Å². The van der Waals surface area contributed by atoms with Crippen molar-refractivity contribution in [1.29, 1.82) is 0 Å². The van der Waals surface area contributed by atoms with Gasteiger partial charge >= 0.3 is 0 Å². The zero-order chi connectivity index (χ0) is 13.0. The van der Waals surface area contributed by atoms with Crippen LogP contribution in [0.25, 0.3) is 11.4 Å². The van der Waals surface area contributed by atoms with Crippen molar-refractivity contribution in [2.45, 2.75) is 19.3 Å². The van der Waals surface area contributed by atoms with Crippen molar-refractivity contribution in [2.75, 3.05) is 6.61 Å². The number of benzene rings is 1. The fourth-order valence-corrected chi connectivity index (χ4v) is 1.88. The number of hydrogen-bond donors (Lipinski definition) is 1. The van der Waals surface area contributed by atoms with Gasteiger partial charge in [-0.3, -0.25) is 0 Å². The van der Waals surface area contributed by atoms with Gasteiger partial charge in [-0.15, -0.1) is 0 Å². The number of hydrogen-bond acceptors (Lipinski definition) is 4. The lowest BCUT2D eigenvalue weighted by molar-refractivity contribution is 0.281. The summed E-state index contributed by atoms with van der Waals surface area (Å²) in [6.45, 7) is 0.159.